The lowest BCUT2D eigenvalue weighted by atomic mass is 9.55. The zero-order chi connectivity index (χ0) is 24.1. The smallest absolute Gasteiger partial charge is 0.256 e. The normalized spacial score (nSPS) is 52.6. The molecule has 6 fully saturated rings. The molecule has 2 saturated heterocycles. The van der Waals surface area contributed by atoms with Crippen molar-refractivity contribution in [2.75, 3.05) is 13.2 Å². The fraction of sp³-hybridized carbons (Fsp3) is 0.955. The molecular weight excluding hydrogens is 454 g/mol. The van der Waals surface area contributed by atoms with Gasteiger partial charge in [0.05, 0.1) is 18.9 Å². The van der Waals surface area contributed by atoms with Gasteiger partial charge in [0.25, 0.3) is 6.29 Å². The molecule has 0 amide bonds. The predicted molar refractivity (Wildman–Crippen MR) is 112 cm³/mol. The van der Waals surface area contributed by atoms with Crippen LogP contribution < -0.4 is 0 Å². The van der Waals surface area contributed by atoms with Gasteiger partial charge in [-0.3, -0.25) is 0 Å². The Hall–Kier alpha value is -0.930. The van der Waals surface area contributed by atoms with Crippen molar-refractivity contribution in [2.24, 2.45) is 28.8 Å². The molecule has 4 bridgehead atoms. The third-order valence-electron chi connectivity index (χ3n) is 8.18. The average molecular weight is 490 g/mol. The lowest BCUT2D eigenvalue weighted by molar-refractivity contribution is -0.331. The minimum atomic E-state index is -1.62. The molecule has 0 aromatic rings. The molecule has 4 aliphatic carbocycles. The quantitative estimate of drug-likeness (QED) is 0.194. The first-order valence-corrected chi connectivity index (χ1v) is 12.1. The SMILES string of the molecule is OC[C@H]1O[C@@H](OC[C@H]2O[C@@H](ON=C3C4CC5CC(C4)CC3C5)[C@H](O)[C@@H](O)[C@@H]2O)[C@H](O)[C@@H](O)[C@@H]1O. The molecule has 10 atom stereocenters. The molecule has 0 aromatic carbocycles. The second kappa shape index (κ2) is 9.85. The van der Waals surface area contributed by atoms with Crippen molar-refractivity contribution in [3.05, 3.63) is 0 Å². The van der Waals surface area contributed by atoms with Gasteiger partial charge in [-0.05, 0) is 43.9 Å². The maximum Gasteiger partial charge on any atom is 0.256 e. The summed E-state index contributed by atoms with van der Waals surface area (Å²) in [6, 6.07) is 0. The summed E-state index contributed by atoms with van der Waals surface area (Å²) in [5, 5.41) is 74.6. The number of aliphatic hydroxyl groups is 7. The van der Waals surface area contributed by atoms with Gasteiger partial charge in [-0.2, -0.15) is 0 Å². The number of aliphatic hydroxyl groups excluding tert-OH is 7. The maximum atomic E-state index is 10.4. The molecule has 34 heavy (non-hydrogen) atoms. The summed E-state index contributed by atoms with van der Waals surface area (Å²) in [4.78, 5) is 5.55. The molecule has 12 heteroatoms. The highest BCUT2D eigenvalue weighted by molar-refractivity contribution is 5.90. The first-order valence-electron chi connectivity index (χ1n) is 12.1. The summed E-state index contributed by atoms with van der Waals surface area (Å²) >= 11 is 0. The summed E-state index contributed by atoms with van der Waals surface area (Å²) in [7, 11) is 0. The molecule has 0 aromatic heterocycles. The van der Waals surface area contributed by atoms with Gasteiger partial charge in [-0.1, -0.05) is 5.16 Å². The first kappa shape index (κ1) is 24.8. The van der Waals surface area contributed by atoms with Crippen molar-refractivity contribution in [2.45, 2.75) is 93.5 Å². The van der Waals surface area contributed by atoms with Crippen molar-refractivity contribution in [1.82, 2.24) is 0 Å². The number of oxime groups is 1. The van der Waals surface area contributed by atoms with E-state index in [2.05, 4.69) is 5.16 Å². The minimum Gasteiger partial charge on any atom is -0.394 e. The molecule has 6 aliphatic rings. The predicted octanol–water partition coefficient (Wildman–Crippen LogP) is -2.56. The van der Waals surface area contributed by atoms with Crippen LogP contribution in [-0.4, -0.2) is 116 Å². The first-order chi connectivity index (χ1) is 16.3. The van der Waals surface area contributed by atoms with E-state index in [9.17, 15) is 35.7 Å². The Bertz CT molecular complexity index is 720. The summed E-state index contributed by atoms with van der Waals surface area (Å²) < 4.78 is 16.4. The monoisotopic (exact) mass is 489 g/mol. The van der Waals surface area contributed by atoms with E-state index in [0.29, 0.717) is 11.8 Å². The van der Waals surface area contributed by atoms with Crippen LogP contribution in [-0.2, 0) is 19.0 Å². The summed E-state index contributed by atoms with van der Waals surface area (Å²) in [5.41, 5.74) is 0.984. The van der Waals surface area contributed by atoms with Crippen LogP contribution in [0.5, 0.6) is 0 Å². The molecule has 2 aliphatic heterocycles. The third kappa shape index (κ3) is 4.49. The molecule has 0 radical (unpaired) electrons. The number of hydrogen-bond donors (Lipinski definition) is 7. The Labute approximate surface area is 196 Å². The Morgan fingerprint density at radius 1 is 0.676 bits per heavy atom. The second-order valence-corrected chi connectivity index (χ2v) is 10.5. The summed E-state index contributed by atoms with van der Waals surface area (Å²) in [5.74, 6) is 2.24. The third-order valence-corrected chi connectivity index (χ3v) is 8.18. The topological polar surface area (TPSA) is 191 Å². The molecule has 12 nitrogen and oxygen atoms in total. The van der Waals surface area contributed by atoms with Crippen molar-refractivity contribution >= 4 is 5.71 Å². The lowest BCUT2D eigenvalue weighted by Crippen LogP contribution is -2.61. The van der Waals surface area contributed by atoms with Crippen LogP contribution in [0.4, 0.5) is 0 Å². The van der Waals surface area contributed by atoms with Crippen LogP contribution in [0.1, 0.15) is 32.1 Å². The Balaban J connectivity index is 1.21. The van der Waals surface area contributed by atoms with Crippen molar-refractivity contribution in [3.63, 3.8) is 0 Å². The zero-order valence-corrected chi connectivity index (χ0v) is 18.7. The highest BCUT2D eigenvalue weighted by Crippen LogP contribution is 2.52. The van der Waals surface area contributed by atoms with E-state index in [-0.39, 0.29) is 0 Å². The molecule has 7 N–H and O–H groups in total. The number of rotatable bonds is 6. The standard InChI is InChI=1S/C22H35NO11/c24-6-12-15(25)17(27)19(29)21(32-12)31-7-13-16(26)18(28)20(30)22(33-13)34-23-14-10-2-8-1-9(4-10)5-11(14)3-8/h8-13,15-22,24-30H,1-7H2/t8?,9?,10?,11?,12-,13-,15-,16-,17+,18+,19-,20-,21-,22+/m1/s1. The van der Waals surface area contributed by atoms with Gasteiger partial charge in [0.15, 0.2) is 6.29 Å². The zero-order valence-electron chi connectivity index (χ0n) is 18.7. The number of hydrogen-bond acceptors (Lipinski definition) is 12. The van der Waals surface area contributed by atoms with Crippen LogP contribution in [0, 0.1) is 23.7 Å². The van der Waals surface area contributed by atoms with E-state index in [4.69, 9.17) is 19.0 Å². The Morgan fingerprint density at radius 2 is 1.21 bits per heavy atom. The van der Waals surface area contributed by atoms with Crippen LogP contribution in [0.25, 0.3) is 0 Å². The van der Waals surface area contributed by atoms with Gasteiger partial charge in [0.2, 0.25) is 0 Å². The van der Waals surface area contributed by atoms with Crippen LogP contribution in [0.2, 0.25) is 0 Å². The van der Waals surface area contributed by atoms with Gasteiger partial charge < -0.3 is 54.8 Å². The minimum absolute atomic E-state index is 0.373. The largest absolute Gasteiger partial charge is 0.394 e. The van der Waals surface area contributed by atoms with Gasteiger partial charge in [-0.25, -0.2) is 0 Å². The van der Waals surface area contributed by atoms with E-state index in [1.807, 2.05) is 0 Å². The highest BCUT2D eigenvalue weighted by atomic mass is 16.8. The fourth-order valence-electron chi connectivity index (χ4n) is 6.46. The van der Waals surface area contributed by atoms with Gasteiger partial charge in [0.1, 0.15) is 48.8 Å². The Kier molecular flexibility index (Phi) is 7.17. The van der Waals surface area contributed by atoms with Crippen molar-refractivity contribution in [3.8, 4) is 0 Å². The number of ether oxygens (including phenoxy) is 3. The summed E-state index contributed by atoms with van der Waals surface area (Å²) in [6.45, 7) is -1.02. The van der Waals surface area contributed by atoms with Crippen LogP contribution in [0.3, 0.4) is 0 Å². The van der Waals surface area contributed by atoms with Gasteiger partial charge in [-0.15, -0.1) is 0 Å². The summed E-state index contributed by atoms with van der Waals surface area (Å²) in [6.07, 6.45) is -8.85. The highest BCUT2D eigenvalue weighted by Gasteiger charge is 2.49. The second-order valence-electron chi connectivity index (χ2n) is 10.5. The van der Waals surface area contributed by atoms with Crippen LogP contribution >= 0.6 is 0 Å². The molecule has 6 rings (SSSR count). The molecule has 0 spiro atoms. The van der Waals surface area contributed by atoms with Gasteiger partial charge >= 0.3 is 0 Å². The van der Waals surface area contributed by atoms with Crippen molar-refractivity contribution < 1.29 is 54.8 Å². The Morgan fingerprint density at radius 3 is 1.79 bits per heavy atom. The molecule has 2 heterocycles. The van der Waals surface area contributed by atoms with E-state index in [0.717, 1.165) is 43.2 Å². The van der Waals surface area contributed by atoms with E-state index in [1.54, 1.807) is 0 Å². The fourth-order valence-corrected chi connectivity index (χ4v) is 6.46. The van der Waals surface area contributed by atoms with E-state index < -0.39 is 74.6 Å². The lowest BCUT2D eigenvalue weighted by Gasteiger charge is -2.50. The molecule has 0 unspecified atom stereocenters. The van der Waals surface area contributed by atoms with E-state index >= 15 is 0 Å². The van der Waals surface area contributed by atoms with Crippen LogP contribution in [0.15, 0.2) is 5.16 Å². The van der Waals surface area contributed by atoms with E-state index in [1.165, 1.54) is 6.42 Å². The molecular formula is C22H35NO11. The number of nitrogens with zero attached hydrogens (tertiary/aromatic N) is 1. The average Bonchev–Trinajstić information content (AvgIpc) is 2.82. The molecule has 4 saturated carbocycles. The maximum absolute atomic E-state index is 10.4. The van der Waals surface area contributed by atoms with Crippen molar-refractivity contribution in [1.29, 1.82) is 0 Å². The van der Waals surface area contributed by atoms with Gasteiger partial charge in [0, 0.05) is 11.8 Å². The molecule has 194 valence electrons.